The Morgan fingerprint density at radius 3 is 1.24 bits per heavy atom. The zero-order valence-electron chi connectivity index (χ0n) is 10.6. The molecule has 2 aromatic carbocycles. The molecular weight excluding hydrogens is 282 g/mol. The number of rotatable bonds is 0. The Bertz CT molecular complexity index is 533. The summed E-state index contributed by atoms with van der Waals surface area (Å²) in [5.41, 5.74) is 0. The molecule has 0 heterocycles. The summed E-state index contributed by atoms with van der Waals surface area (Å²) in [6, 6.07) is 13.5. The van der Waals surface area contributed by atoms with Crippen molar-refractivity contribution in [2.75, 3.05) is 0 Å². The van der Waals surface area contributed by atoms with E-state index in [9.17, 15) is 9.59 Å². The van der Waals surface area contributed by atoms with Gasteiger partial charge in [0, 0.05) is 0 Å². The van der Waals surface area contributed by atoms with Crippen LogP contribution in [0.5, 0.6) is 0 Å². The second-order valence-corrected chi connectivity index (χ2v) is 3.66. The van der Waals surface area contributed by atoms with Crippen LogP contribution < -0.4 is 5.32 Å². The predicted molar refractivity (Wildman–Crippen MR) is 68.7 cm³/mol. The van der Waals surface area contributed by atoms with Crippen LogP contribution >= 0.6 is 0 Å². The molecule has 0 aliphatic rings. The Kier molecular flexibility index (Phi) is 6.04. The van der Waals surface area contributed by atoms with Gasteiger partial charge in [-0.15, -0.1) is 0 Å². The van der Waals surface area contributed by atoms with Gasteiger partial charge in [-0.1, -0.05) is 59.0 Å². The van der Waals surface area contributed by atoms with Crippen LogP contribution in [0.1, 0.15) is 0 Å². The van der Waals surface area contributed by atoms with Crippen molar-refractivity contribution in [3.05, 3.63) is 48.5 Å². The number of carbonyl (C=O) groups excluding carboxylic acids is 2. The normalized spacial score (nSPS) is 9.33. The highest BCUT2D eigenvalue weighted by Gasteiger charge is 2.15. The van der Waals surface area contributed by atoms with E-state index in [1.165, 1.54) is 10.8 Å². The van der Waals surface area contributed by atoms with Gasteiger partial charge in [-0.25, -0.2) is 9.59 Å². The molecule has 112 valence electrons. The third-order valence-corrected chi connectivity index (χ3v) is 2.24. The molecule has 5 N–H and O–H groups in total. The van der Waals surface area contributed by atoms with Crippen LogP contribution in [0.4, 0.5) is 9.59 Å². The average molecular weight is 295 g/mol. The monoisotopic (exact) mass is 295 g/mol. The standard InChI is InChI=1S/C10H8.C2H5N3O6/c1-2-6-10-8-4-3-7-9(10)5-1;6-1(4(8)9)3-2(7)5(10)11/h1-8H;8-11H,(H,3,6,7). The molecule has 0 saturated heterocycles. The van der Waals surface area contributed by atoms with E-state index >= 15 is 0 Å². The summed E-state index contributed by atoms with van der Waals surface area (Å²) in [4.78, 5) is 20.2. The minimum absolute atomic E-state index is 0.929. The van der Waals surface area contributed by atoms with Crippen molar-refractivity contribution in [1.82, 2.24) is 15.8 Å². The van der Waals surface area contributed by atoms with Crippen LogP contribution in [-0.4, -0.2) is 43.3 Å². The van der Waals surface area contributed by atoms with E-state index in [1.807, 2.05) is 0 Å². The predicted octanol–water partition coefficient (Wildman–Crippen LogP) is 1.82. The molecule has 9 heteroatoms. The van der Waals surface area contributed by atoms with E-state index in [2.05, 4.69) is 48.5 Å². The minimum atomic E-state index is -1.62. The first kappa shape index (κ1) is 16.3. The lowest BCUT2D eigenvalue weighted by Gasteiger charge is -2.08. The van der Waals surface area contributed by atoms with Crippen molar-refractivity contribution >= 4 is 22.8 Å². The summed E-state index contributed by atoms with van der Waals surface area (Å²) in [6.45, 7) is 0. The van der Waals surface area contributed by atoms with Crippen LogP contribution in [0.3, 0.4) is 0 Å². The Balaban J connectivity index is 0.000000210. The first-order valence-electron chi connectivity index (χ1n) is 5.56. The Morgan fingerprint density at radius 2 is 1.00 bits per heavy atom. The van der Waals surface area contributed by atoms with Gasteiger partial charge in [0.1, 0.15) is 0 Å². The van der Waals surface area contributed by atoms with Crippen LogP contribution in [0, 0.1) is 0 Å². The molecule has 0 atom stereocenters. The number of nitrogens with zero attached hydrogens (tertiary/aromatic N) is 2. The molecule has 0 aliphatic heterocycles. The van der Waals surface area contributed by atoms with E-state index in [0.717, 1.165) is 5.32 Å². The second-order valence-electron chi connectivity index (χ2n) is 3.66. The zero-order valence-corrected chi connectivity index (χ0v) is 10.6. The number of benzene rings is 2. The molecule has 0 aromatic heterocycles. The molecule has 21 heavy (non-hydrogen) atoms. The smallest absolute Gasteiger partial charge is 0.260 e. The third-order valence-electron chi connectivity index (χ3n) is 2.24. The number of urea groups is 2. The highest BCUT2D eigenvalue weighted by Crippen LogP contribution is 2.11. The lowest BCUT2D eigenvalue weighted by molar-refractivity contribution is -0.266. The van der Waals surface area contributed by atoms with Gasteiger partial charge in [0.25, 0.3) is 0 Å². The lowest BCUT2D eigenvalue weighted by Crippen LogP contribution is -2.44. The molecule has 0 radical (unpaired) electrons. The molecular formula is C12H13N3O6. The summed E-state index contributed by atoms with van der Waals surface area (Å²) in [5.74, 6) is 0. The Morgan fingerprint density at radius 1 is 0.714 bits per heavy atom. The van der Waals surface area contributed by atoms with E-state index in [1.54, 1.807) is 0 Å². The number of hydroxylamine groups is 4. The van der Waals surface area contributed by atoms with Crippen LogP contribution in [-0.2, 0) is 0 Å². The van der Waals surface area contributed by atoms with Gasteiger partial charge in [0.2, 0.25) is 0 Å². The van der Waals surface area contributed by atoms with E-state index < -0.39 is 22.5 Å². The van der Waals surface area contributed by atoms with Crippen LogP contribution in [0.15, 0.2) is 48.5 Å². The molecule has 0 saturated carbocycles. The molecule has 0 aliphatic carbocycles. The molecule has 4 amide bonds. The molecule has 0 fully saturated rings. The van der Waals surface area contributed by atoms with Crippen molar-refractivity contribution in [1.29, 1.82) is 0 Å². The molecule has 0 unspecified atom stereocenters. The fourth-order valence-electron chi connectivity index (χ4n) is 1.32. The SMILES string of the molecule is O=C(NC(=O)N(O)O)N(O)O.c1ccc2ccccc2c1. The van der Waals surface area contributed by atoms with Gasteiger partial charge in [-0.2, -0.15) is 0 Å². The highest BCUT2D eigenvalue weighted by atomic mass is 16.8. The number of carbonyl (C=O) groups is 2. The van der Waals surface area contributed by atoms with Crippen molar-refractivity contribution in [2.24, 2.45) is 0 Å². The molecule has 0 bridgehead atoms. The Hall–Kier alpha value is -2.72. The number of amides is 4. The molecule has 2 rings (SSSR count). The number of hydrogen-bond donors (Lipinski definition) is 5. The van der Waals surface area contributed by atoms with Crippen molar-refractivity contribution in [2.45, 2.75) is 0 Å². The van der Waals surface area contributed by atoms with Crippen LogP contribution in [0.25, 0.3) is 10.8 Å². The van der Waals surface area contributed by atoms with Gasteiger partial charge >= 0.3 is 12.1 Å². The van der Waals surface area contributed by atoms with Gasteiger partial charge < -0.3 is 0 Å². The summed E-state index contributed by atoms with van der Waals surface area (Å²) in [7, 11) is 0. The first-order valence-corrected chi connectivity index (χ1v) is 5.56. The Labute approximate surface area is 118 Å². The van der Waals surface area contributed by atoms with E-state index in [0.29, 0.717) is 0 Å². The van der Waals surface area contributed by atoms with Crippen molar-refractivity contribution in [3.63, 3.8) is 0 Å². The summed E-state index contributed by atoms with van der Waals surface area (Å²) < 4.78 is 0. The fourth-order valence-corrected chi connectivity index (χ4v) is 1.32. The highest BCUT2D eigenvalue weighted by molar-refractivity contribution is 5.91. The number of fused-ring (bicyclic) bond motifs is 1. The fraction of sp³-hybridized carbons (Fsp3) is 0. The summed E-state index contributed by atoms with van der Waals surface area (Å²) in [5, 5.41) is 33.5. The maximum Gasteiger partial charge on any atom is 0.374 e. The number of nitrogens with one attached hydrogen (secondary N) is 1. The van der Waals surface area contributed by atoms with E-state index in [-0.39, 0.29) is 0 Å². The maximum atomic E-state index is 10.1. The average Bonchev–Trinajstić information content (AvgIpc) is 2.47. The third kappa shape index (κ3) is 5.42. The van der Waals surface area contributed by atoms with E-state index in [4.69, 9.17) is 20.8 Å². The van der Waals surface area contributed by atoms with Crippen molar-refractivity contribution < 1.29 is 30.4 Å². The van der Waals surface area contributed by atoms with Gasteiger partial charge in [-0.05, 0) is 10.8 Å². The topological polar surface area (TPSA) is 134 Å². The number of hydrogen-bond acceptors (Lipinski definition) is 6. The summed E-state index contributed by atoms with van der Waals surface area (Å²) >= 11 is 0. The lowest BCUT2D eigenvalue weighted by atomic mass is 10.1. The second kappa shape index (κ2) is 7.77. The van der Waals surface area contributed by atoms with Gasteiger partial charge in [0.05, 0.1) is 0 Å². The molecule has 2 aromatic rings. The quantitative estimate of drug-likeness (QED) is 0.372. The first-order chi connectivity index (χ1) is 9.91. The molecule has 9 nitrogen and oxygen atoms in total. The van der Waals surface area contributed by atoms with Gasteiger partial charge in [0.15, 0.2) is 0 Å². The van der Waals surface area contributed by atoms with Crippen molar-refractivity contribution in [3.8, 4) is 0 Å². The number of imide groups is 1. The van der Waals surface area contributed by atoms with Crippen LogP contribution in [0.2, 0.25) is 0 Å². The molecule has 0 spiro atoms. The zero-order chi connectivity index (χ0) is 15.8. The largest absolute Gasteiger partial charge is 0.374 e. The maximum absolute atomic E-state index is 10.1. The minimum Gasteiger partial charge on any atom is -0.260 e. The van der Waals surface area contributed by atoms with Gasteiger partial charge in [-0.3, -0.25) is 26.1 Å². The summed E-state index contributed by atoms with van der Waals surface area (Å²) in [6.07, 6.45) is 0.